The lowest BCUT2D eigenvalue weighted by molar-refractivity contribution is 0.0595. The lowest BCUT2D eigenvalue weighted by atomic mass is 10.4. The first kappa shape index (κ1) is 9.75. The molecule has 1 aromatic rings. The number of esters is 1. The van der Waals surface area contributed by atoms with E-state index in [4.69, 9.17) is 0 Å². The Hall–Kier alpha value is -1.25. The van der Waals surface area contributed by atoms with Crippen LogP contribution >= 0.6 is 0 Å². The van der Waals surface area contributed by atoms with Crippen LogP contribution in [-0.4, -0.2) is 18.1 Å². The molecule has 62 valence electrons. The molecular formula is C8H13NO2. The Kier molecular flexibility index (Phi) is 4.90. The van der Waals surface area contributed by atoms with Crippen LogP contribution in [0.5, 0.6) is 0 Å². The molecule has 0 aliphatic carbocycles. The van der Waals surface area contributed by atoms with Gasteiger partial charge in [-0.3, -0.25) is 0 Å². The number of aromatic amines is 1. The van der Waals surface area contributed by atoms with Crippen LogP contribution in [0, 0.1) is 0 Å². The zero-order valence-corrected chi connectivity index (χ0v) is 7.05. The predicted octanol–water partition coefficient (Wildman–Crippen LogP) is 1.83. The second-order valence-corrected chi connectivity index (χ2v) is 1.58. The number of aromatic nitrogens is 1. The van der Waals surface area contributed by atoms with E-state index in [0.29, 0.717) is 5.69 Å². The first-order valence-electron chi connectivity index (χ1n) is 3.56. The van der Waals surface area contributed by atoms with Crippen LogP contribution in [0.3, 0.4) is 0 Å². The summed E-state index contributed by atoms with van der Waals surface area (Å²) in [7, 11) is 1.35. The highest BCUT2D eigenvalue weighted by Gasteiger charge is 2.02. The number of rotatable bonds is 1. The number of methoxy groups -OCH3 is 1. The van der Waals surface area contributed by atoms with Gasteiger partial charge in [0, 0.05) is 6.20 Å². The maximum atomic E-state index is 10.6. The number of ether oxygens (including phenoxy) is 1. The third-order valence-corrected chi connectivity index (χ3v) is 1.00. The average Bonchev–Trinajstić information content (AvgIpc) is 2.59. The summed E-state index contributed by atoms with van der Waals surface area (Å²) in [6.07, 6.45) is 1.67. The molecule has 0 radical (unpaired) electrons. The standard InChI is InChI=1S/C6H7NO2.C2H6/c1-9-6(8)5-3-2-4-7-5;1-2/h2-4,7H,1H3;1-2H3. The third kappa shape index (κ3) is 2.89. The first-order valence-corrected chi connectivity index (χ1v) is 3.56. The second kappa shape index (κ2) is 5.53. The molecule has 0 aromatic carbocycles. The molecule has 11 heavy (non-hydrogen) atoms. The van der Waals surface area contributed by atoms with Crippen molar-refractivity contribution in [2.75, 3.05) is 7.11 Å². The van der Waals surface area contributed by atoms with E-state index < -0.39 is 0 Å². The van der Waals surface area contributed by atoms with Crippen molar-refractivity contribution in [3.8, 4) is 0 Å². The molecule has 0 amide bonds. The summed E-state index contributed by atoms with van der Waals surface area (Å²) in [5.74, 6) is -0.333. The van der Waals surface area contributed by atoms with Crippen molar-refractivity contribution in [3.63, 3.8) is 0 Å². The van der Waals surface area contributed by atoms with Crippen LogP contribution in [0.15, 0.2) is 18.3 Å². The summed E-state index contributed by atoms with van der Waals surface area (Å²) >= 11 is 0. The van der Waals surface area contributed by atoms with Crippen molar-refractivity contribution in [3.05, 3.63) is 24.0 Å². The number of carbonyl (C=O) groups excluding carboxylic acids is 1. The SMILES string of the molecule is CC.COC(=O)c1ccc[nH]1. The van der Waals surface area contributed by atoms with Gasteiger partial charge in [-0.1, -0.05) is 13.8 Å². The van der Waals surface area contributed by atoms with Gasteiger partial charge < -0.3 is 9.72 Å². The summed E-state index contributed by atoms with van der Waals surface area (Å²) < 4.78 is 4.42. The monoisotopic (exact) mass is 155 g/mol. The van der Waals surface area contributed by atoms with Gasteiger partial charge in [-0.05, 0) is 12.1 Å². The minimum atomic E-state index is -0.333. The van der Waals surface area contributed by atoms with Crippen molar-refractivity contribution in [1.29, 1.82) is 0 Å². The summed E-state index contributed by atoms with van der Waals surface area (Å²) in [6.45, 7) is 4.00. The molecule has 0 unspecified atom stereocenters. The molecule has 0 fully saturated rings. The van der Waals surface area contributed by atoms with Crippen molar-refractivity contribution < 1.29 is 9.53 Å². The normalized spacial score (nSPS) is 7.91. The van der Waals surface area contributed by atoms with Crippen molar-refractivity contribution in [2.45, 2.75) is 13.8 Å². The summed E-state index contributed by atoms with van der Waals surface area (Å²) in [4.78, 5) is 13.3. The van der Waals surface area contributed by atoms with Gasteiger partial charge in [0.25, 0.3) is 0 Å². The summed E-state index contributed by atoms with van der Waals surface area (Å²) in [5.41, 5.74) is 0.484. The molecule has 0 aliphatic rings. The van der Waals surface area contributed by atoms with Crippen LogP contribution in [0.4, 0.5) is 0 Å². The van der Waals surface area contributed by atoms with Crippen molar-refractivity contribution >= 4 is 5.97 Å². The number of hydrogen-bond donors (Lipinski definition) is 1. The number of hydrogen-bond acceptors (Lipinski definition) is 2. The molecule has 3 nitrogen and oxygen atoms in total. The van der Waals surface area contributed by atoms with E-state index in [9.17, 15) is 4.79 Å². The molecule has 1 rings (SSSR count). The average molecular weight is 155 g/mol. The smallest absolute Gasteiger partial charge is 0.354 e. The third-order valence-electron chi connectivity index (χ3n) is 1.00. The Morgan fingerprint density at radius 3 is 2.55 bits per heavy atom. The van der Waals surface area contributed by atoms with E-state index in [1.165, 1.54) is 7.11 Å². The fourth-order valence-corrected chi connectivity index (χ4v) is 0.567. The fourth-order valence-electron chi connectivity index (χ4n) is 0.567. The highest BCUT2D eigenvalue weighted by molar-refractivity contribution is 5.87. The lowest BCUT2D eigenvalue weighted by Gasteiger charge is -1.91. The van der Waals surface area contributed by atoms with Crippen molar-refractivity contribution in [1.82, 2.24) is 4.98 Å². The quantitative estimate of drug-likeness (QED) is 0.628. The topological polar surface area (TPSA) is 42.1 Å². The Labute approximate surface area is 66.4 Å². The summed E-state index contributed by atoms with van der Waals surface area (Å²) in [6, 6.07) is 3.40. The Bertz CT molecular complexity index is 192. The maximum Gasteiger partial charge on any atom is 0.354 e. The largest absolute Gasteiger partial charge is 0.464 e. The maximum absolute atomic E-state index is 10.6. The van der Waals surface area contributed by atoms with Crippen LogP contribution in [-0.2, 0) is 4.74 Å². The molecule has 0 aliphatic heterocycles. The molecular weight excluding hydrogens is 142 g/mol. The highest BCUT2D eigenvalue weighted by Crippen LogP contribution is 1.94. The van der Waals surface area contributed by atoms with Crippen LogP contribution in [0.2, 0.25) is 0 Å². The molecule has 0 saturated heterocycles. The van der Waals surface area contributed by atoms with Gasteiger partial charge in [-0.15, -0.1) is 0 Å². The second-order valence-electron chi connectivity index (χ2n) is 1.58. The Morgan fingerprint density at radius 2 is 2.18 bits per heavy atom. The van der Waals surface area contributed by atoms with E-state index >= 15 is 0 Å². The zero-order chi connectivity index (χ0) is 8.69. The molecule has 3 heteroatoms. The predicted molar refractivity (Wildman–Crippen MR) is 43.5 cm³/mol. The minimum absolute atomic E-state index is 0.333. The van der Waals surface area contributed by atoms with Crippen LogP contribution in [0.1, 0.15) is 24.3 Å². The van der Waals surface area contributed by atoms with E-state index in [-0.39, 0.29) is 5.97 Å². The van der Waals surface area contributed by atoms with Gasteiger partial charge in [0.2, 0.25) is 0 Å². The van der Waals surface area contributed by atoms with Crippen molar-refractivity contribution in [2.24, 2.45) is 0 Å². The van der Waals surface area contributed by atoms with Crippen LogP contribution in [0.25, 0.3) is 0 Å². The van der Waals surface area contributed by atoms with Gasteiger partial charge in [0.15, 0.2) is 0 Å². The Morgan fingerprint density at radius 1 is 1.55 bits per heavy atom. The van der Waals surface area contributed by atoms with Gasteiger partial charge in [-0.25, -0.2) is 4.79 Å². The molecule has 0 atom stereocenters. The molecule has 1 aromatic heterocycles. The van der Waals surface area contributed by atoms with E-state index in [2.05, 4.69) is 9.72 Å². The fraction of sp³-hybridized carbons (Fsp3) is 0.375. The summed E-state index contributed by atoms with van der Waals surface area (Å²) in [5, 5.41) is 0. The minimum Gasteiger partial charge on any atom is -0.464 e. The highest BCUT2D eigenvalue weighted by atomic mass is 16.5. The molecule has 1 N–H and O–H groups in total. The van der Waals surface area contributed by atoms with E-state index in [1.54, 1.807) is 18.3 Å². The molecule has 1 heterocycles. The first-order chi connectivity index (χ1) is 5.34. The van der Waals surface area contributed by atoms with E-state index in [1.807, 2.05) is 13.8 Å². The zero-order valence-electron chi connectivity index (χ0n) is 7.05. The molecule has 0 saturated carbocycles. The van der Waals surface area contributed by atoms with Crippen LogP contribution < -0.4 is 0 Å². The van der Waals surface area contributed by atoms with Gasteiger partial charge in [0.05, 0.1) is 7.11 Å². The van der Waals surface area contributed by atoms with E-state index in [0.717, 1.165) is 0 Å². The van der Waals surface area contributed by atoms with Gasteiger partial charge in [-0.2, -0.15) is 0 Å². The number of H-pyrrole nitrogens is 1. The molecule has 0 bridgehead atoms. The lowest BCUT2D eigenvalue weighted by Crippen LogP contribution is -2.00. The van der Waals surface area contributed by atoms with Gasteiger partial charge in [0.1, 0.15) is 5.69 Å². The number of nitrogens with one attached hydrogen (secondary N) is 1. The van der Waals surface area contributed by atoms with Gasteiger partial charge >= 0.3 is 5.97 Å². The Balaban J connectivity index is 0.000000461. The molecule has 0 spiro atoms. The number of carbonyl (C=O) groups is 1.